The summed E-state index contributed by atoms with van der Waals surface area (Å²) in [6.07, 6.45) is -1.71. The Morgan fingerprint density at radius 3 is 2.45 bits per heavy atom. The van der Waals surface area contributed by atoms with E-state index >= 15 is 0 Å². The van der Waals surface area contributed by atoms with Gasteiger partial charge in [0.1, 0.15) is 5.70 Å². The fourth-order valence-corrected chi connectivity index (χ4v) is 3.16. The molecular weight excluding hydrogens is 389 g/mol. The Kier molecular flexibility index (Phi) is 4.65. The van der Waals surface area contributed by atoms with Crippen LogP contribution in [0.4, 0.5) is 18.9 Å². The van der Waals surface area contributed by atoms with Crippen molar-refractivity contribution in [1.29, 1.82) is 0 Å². The Hall–Kier alpha value is -3.14. The number of alkyl halides is 3. The summed E-state index contributed by atoms with van der Waals surface area (Å²) in [7, 11) is 0. The predicted molar refractivity (Wildman–Crippen MR) is 96.1 cm³/mol. The lowest BCUT2D eigenvalue weighted by atomic mass is 10.2. The molecule has 1 saturated carbocycles. The number of hydrogen-bond acceptors (Lipinski definition) is 5. The fraction of sp³-hybridized carbons (Fsp3) is 0.316. The van der Waals surface area contributed by atoms with Gasteiger partial charge in [-0.1, -0.05) is 0 Å². The number of aliphatic hydroxyl groups is 1. The van der Waals surface area contributed by atoms with Crippen molar-refractivity contribution in [3.63, 3.8) is 0 Å². The standard InChI is InChI=1S/C19H17F3N4O3/c20-19(21,22)16-10-15(11-1-2-11)26(24-16)13-5-3-12(4-6-13)23-14-9-17(28)25(7-8-27)18(14)29/h3-6,9-11,23,27H,1-2,7-8H2. The van der Waals surface area contributed by atoms with Crippen molar-refractivity contribution in [2.24, 2.45) is 0 Å². The van der Waals surface area contributed by atoms with Crippen molar-refractivity contribution in [3.8, 4) is 5.69 Å². The maximum Gasteiger partial charge on any atom is 0.435 e. The number of anilines is 1. The molecule has 1 aliphatic carbocycles. The first-order valence-electron chi connectivity index (χ1n) is 9.01. The highest BCUT2D eigenvalue weighted by Gasteiger charge is 2.38. The molecule has 1 aromatic carbocycles. The highest BCUT2D eigenvalue weighted by Crippen LogP contribution is 2.43. The molecule has 2 heterocycles. The topological polar surface area (TPSA) is 87.5 Å². The van der Waals surface area contributed by atoms with E-state index in [0.29, 0.717) is 17.1 Å². The number of β-amino-alcohol motifs (C(OH)–C–C–N with tert-alkyl or cyclic N) is 1. The zero-order chi connectivity index (χ0) is 20.8. The summed E-state index contributed by atoms with van der Waals surface area (Å²) in [6.45, 7) is -0.427. The van der Waals surface area contributed by atoms with Gasteiger partial charge in [-0.2, -0.15) is 18.3 Å². The molecule has 0 spiro atoms. The first-order chi connectivity index (χ1) is 13.8. The van der Waals surface area contributed by atoms with Gasteiger partial charge in [-0.05, 0) is 43.2 Å². The number of amides is 2. The van der Waals surface area contributed by atoms with Crippen LogP contribution < -0.4 is 5.32 Å². The summed E-state index contributed by atoms with van der Waals surface area (Å²) in [4.78, 5) is 24.9. The van der Waals surface area contributed by atoms with E-state index in [2.05, 4.69) is 10.4 Å². The third-order valence-electron chi connectivity index (χ3n) is 4.75. The number of benzene rings is 1. The lowest BCUT2D eigenvalue weighted by Crippen LogP contribution is -2.34. The van der Waals surface area contributed by atoms with Crippen LogP contribution in [-0.2, 0) is 15.8 Å². The minimum atomic E-state index is -4.52. The molecule has 0 radical (unpaired) electrons. The molecule has 1 fully saturated rings. The molecule has 152 valence electrons. The van der Waals surface area contributed by atoms with Crippen LogP contribution in [-0.4, -0.2) is 44.8 Å². The maximum absolute atomic E-state index is 13.1. The molecule has 2 N–H and O–H groups in total. The SMILES string of the molecule is O=C1C=C(Nc2ccc(-n3nc(C(F)(F)F)cc3C3CC3)cc2)C(=O)N1CCO. The van der Waals surface area contributed by atoms with Crippen LogP contribution >= 0.6 is 0 Å². The summed E-state index contributed by atoms with van der Waals surface area (Å²) < 4.78 is 40.5. The number of imide groups is 1. The molecule has 1 aliphatic heterocycles. The van der Waals surface area contributed by atoms with Crippen LogP contribution in [0, 0.1) is 0 Å². The molecule has 2 aromatic rings. The molecule has 2 aliphatic rings. The third kappa shape index (κ3) is 3.75. The number of aliphatic hydroxyl groups excluding tert-OH is 1. The minimum absolute atomic E-state index is 0.0633. The second kappa shape index (κ2) is 7.03. The van der Waals surface area contributed by atoms with E-state index in [0.717, 1.165) is 29.9 Å². The lowest BCUT2D eigenvalue weighted by Gasteiger charge is -2.13. The van der Waals surface area contributed by atoms with Crippen molar-refractivity contribution < 1.29 is 27.9 Å². The van der Waals surface area contributed by atoms with Gasteiger partial charge >= 0.3 is 6.18 Å². The highest BCUT2D eigenvalue weighted by atomic mass is 19.4. The lowest BCUT2D eigenvalue weighted by molar-refractivity contribution is -0.141. The molecule has 0 atom stereocenters. The van der Waals surface area contributed by atoms with E-state index in [1.165, 1.54) is 4.68 Å². The molecule has 10 heteroatoms. The Labute approximate surface area is 163 Å². The average Bonchev–Trinajstić information content (AvgIpc) is 3.36. The second-order valence-electron chi connectivity index (χ2n) is 6.89. The molecule has 2 amide bonds. The number of nitrogens with one attached hydrogen (secondary N) is 1. The van der Waals surface area contributed by atoms with Gasteiger partial charge in [0.05, 0.1) is 18.8 Å². The van der Waals surface area contributed by atoms with E-state index in [4.69, 9.17) is 5.11 Å². The van der Waals surface area contributed by atoms with Gasteiger partial charge in [0.25, 0.3) is 11.8 Å². The first kappa shape index (κ1) is 19.2. The molecule has 0 bridgehead atoms. The summed E-state index contributed by atoms with van der Waals surface area (Å²) in [5, 5.41) is 15.5. The van der Waals surface area contributed by atoms with Crippen molar-refractivity contribution in [2.45, 2.75) is 24.9 Å². The molecule has 7 nitrogen and oxygen atoms in total. The van der Waals surface area contributed by atoms with Crippen LogP contribution in [0.2, 0.25) is 0 Å². The fourth-order valence-electron chi connectivity index (χ4n) is 3.16. The Morgan fingerprint density at radius 1 is 1.17 bits per heavy atom. The van der Waals surface area contributed by atoms with E-state index in [9.17, 15) is 22.8 Å². The molecule has 0 saturated heterocycles. The summed E-state index contributed by atoms with van der Waals surface area (Å²) in [5.41, 5.74) is 0.622. The van der Waals surface area contributed by atoms with Crippen LogP contribution in [0.1, 0.15) is 30.1 Å². The van der Waals surface area contributed by atoms with Crippen LogP contribution in [0.25, 0.3) is 5.69 Å². The molecule has 0 unspecified atom stereocenters. The van der Waals surface area contributed by atoms with Gasteiger partial charge in [0, 0.05) is 23.4 Å². The molecule has 1 aromatic heterocycles. The predicted octanol–water partition coefficient (Wildman–Crippen LogP) is 2.43. The highest BCUT2D eigenvalue weighted by molar-refractivity contribution is 6.17. The Balaban J connectivity index is 1.55. The number of aromatic nitrogens is 2. The van der Waals surface area contributed by atoms with Gasteiger partial charge in [-0.3, -0.25) is 14.5 Å². The second-order valence-corrected chi connectivity index (χ2v) is 6.89. The quantitative estimate of drug-likeness (QED) is 0.720. The average molecular weight is 406 g/mol. The van der Waals surface area contributed by atoms with Crippen LogP contribution in [0.15, 0.2) is 42.1 Å². The Morgan fingerprint density at radius 2 is 1.86 bits per heavy atom. The van der Waals surface area contributed by atoms with E-state index < -0.39 is 23.7 Å². The van der Waals surface area contributed by atoms with Crippen molar-refractivity contribution in [1.82, 2.24) is 14.7 Å². The summed E-state index contributed by atoms with van der Waals surface area (Å²) in [5.74, 6) is -0.999. The maximum atomic E-state index is 13.1. The van der Waals surface area contributed by atoms with E-state index in [1.54, 1.807) is 24.3 Å². The molecule has 29 heavy (non-hydrogen) atoms. The van der Waals surface area contributed by atoms with Gasteiger partial charge in [-0.15, -0.1) is 0 Å². The minimum Gasteiger partial charge on any atom is -0.395 e. The smallest absolute Gasteiger partial charge is 0.395 e. The summed E-state index contributed by atoms with van der Waals surface area (Å²) >= 11 is 0. The van der Waals surface area contributed by atoms with Crippen LogP contribution in [0.3, 0.4) is 0 Å². The van der Waals surface area contributed by atoms with Gasteiger partial charge in [0.2, 0.25) is 0 Å². The van der Waals surface area contributed by atoms with Crippen LogP contribution in [0.5, 0.6) is 0 Å². The van der Waals surface area contributed by atoms with Crippen molar-refractivity contribution >= 4 is 17.5 Å². The largest absolute Gasteiger partial charge is 0.435 e. The normalized spacial score (nSPS) is 17.1. The number of carbonyl (C=O) groups excluding carboxylic acids is 2. The number of carbonyl (C=O) groups is 2. The Bertz CT molecular complexity index is 991. The molecular formula is C19H17F3N4O3. The number of halogens is 3. The van der Waals surface area contributed by atoms with Gasteiger partial charge in [-0.25, -0.2) is 4.68 Å². The monoisotopic (exact) mass is 406 g/mol. The number of hydrogen-bond donors (Lipinski definition) is 2. The van der Waals surface area contributed by atoms with Gasteiger partial charge < -0.3 is 10.4 Å². The zero-order valence-electron chi connectivity index (χ0n) is 15.1. The van der Waals surface area contributed by atoms with E-state index in [1.807, 2.05) is 0 Å². The zero-order valence-corrected chi connectivity index (χ0v) is 15.1. The van der Waals surface area contributed by atoms with Gasteiger partial charge in [0.15, 0.2) is 5.69 Å². The van der Waals surface area contributed by atoms with Crippen molar-refractivity contribution in [2.75, 3.05) is 18.5 Å². The first-order valence-corrected chi connectivity index (χ1v) is 9.01. The number of nitrogens with zero attached hydrogens (tertiary/aromatic N) is 3. The molecule has 4 rings (SSSR count). The van der Waals surface area contributed by atoms with Crippen molar-refractivity contribution in [3.05, 3.63) is 53.5 Å². The summed E-state index contributed by atoms with van der Waals surface area (Å²) in [6, 6.07) is 7.46. The van der Waals surface area contributed by atoms with E-state index in [-0.39, 0.29) is 24.8 Å². The number of rotatable bonds is 6. The third-order valence-corrected chi connectivity index (χ3v) is 4.75.